The van der Waals surface area contributed by atoms with Crippen molar-refractivity contribution in [2.45, 2.75) is 0 Å². The number of nitrogens with zero attached hydrogens (tertiary/aromatic N) is 1. The summed E-state index contributed by atoms with van der Waals surface area (Å²) in [5, 5.41) is 0. The Labute approximate surface area is 52.1 Å². The SMILES string of the molecule is CN(C)C.[Sc]. The fourth-order valence-electron chi connectivity index (χ4n) is 0. The Morgan fingerprint density at radius 3 is 1.00 bits per heavy atom. The summed E-state index contributed by atoms with van der Waals surface area (Å²) >= 11 is 0. The maximum atomic E-state index is 2.00. The Kier molecular flexibility index (Phi) is 8.96. The third-order valence-corrected chi connectivity index (χ3v) is 0. The summed E-state index contributed by atoms with van der Waals surface area (Å²) in [5.74, 6) is 0. The van der Waals surface area contributed by atoms with Gasteiger partial charge < -0.3 is 4.90 Å². The van der Waals surface area contributed by atoms with Gasteiger partial charge in [-0.05, 0) is 21.1 Å². The van der Waals surface area contributed by atoms with Gasteiger partial charge in [-0.15, -0.1) is 0 Å². The van der Waals surface area contributed by atoms with Gasteiger partial charge in [0, 0.05) is 25.8 Å². The van der Waals surface area contributed by atoms with E-state index in [9.17, 15) is 0 Å². The number of hydrogen-bond donors (Lipinski definition) is 0. The molecule has 0 saturated carbocycles. The van der Waals surface area contributed by atoms with E-state index in [1.807, 2.05) is 26.0 Å². The third kappa shape index (κ3) is 56.1. The van der Waals surface area contributed by atoms with Gasteiger partial charge in [0.1, 0.15) is 0 Å². The van der Waals surface area contributed by atoms with Crippen molar-refractivity contribution in [1.29, 1.82) is 0 Å². The first-order valence-corrected chi connectivity index (χ1v) is 1.34. The zero-order valence-corrected chi connectivity index (χ0v) is 5.83. The van der Waals surface area contributed by atoms with Crippen molar-refractivity contribution in [3.05, 3.63) is 0 Å². The molecule has 0 aromatic carbocycles. The fraction of sp³-hybridized carbons (Fsp3) is 1.00. The van der Waals surface area contributed by atoms with E-state index >= 15 is 0 Å². The molecule has 0 spiro atoms. The van der Waals surface area contributed by atoms with Crippen molar-refractivity contribution in [2.75, 3.05) is 21.1 Å². The van der Waals surface area contributed by atoms with Gasteiger partial charge in [-0.1, -0.05) is 0 Å². The Morgan fingerprint density at radius 2 is 1.00 bits per heavy atom. The molecule has 1 radical (unpaired) electrons. The van der Waals surface area contributed by atoms with Gasteiger partial charge in [0.2, 0.25) is 0 Å². The van der Waals surface area contributed by atoms with Crippen LogP contribution < -0.4 is 0 Å². The molecule has 2 heteroatoms. The maximum absolute atomic E-state index is 2.00. The van der Waals surface area contributed by atoms with Crippen LogP contribution in [0.2, 0.25) is 0 Å². The quantitative estimate of drug-likeness (QED) is 0.423. The number of rotatable bonds is 0. The molecule has 0 aliphatic rings. The molecule has 0 N–H and O–H groups in total. The summed E-state index contributed by atoms with van der Waals surface area (Å²) < 4.78 is 0. The smallest absolute Gasteiger partial charge is 0 e. The summed E-state index contributed by atoms with van der Waals surface area (Å²) in [4.78, 5) is 2.00. The standard InChI is InChI=1S/C3H9N.Sc/c1-4(2)3;/h1-3H3;. The first-order valence-electron chi connectivity index (χ1n) is 1.34. The third-order valence-electron chi connectivity index (χ3n) is 0. The molecule has 0 bridgehead atoms. The molecule has 0 aliphatic carbocycles. The fourth-order valence-corrected chi connectivity index (χ4v) is 0. The second-order valence-electron chi connectivity index (χ2n) is 1.34. The van der Waals surface area contributed by atoms with Crippen LogP contribution in [0, 0.1) is 0 Å². The van der Waals surface area contributed by atoms with Crippen LogP contribution in [0.3, 0.4) is 0 Å². The summed E-state index contributed by atoms with van der Waals surface area (Å²) in [6.45, 7) is 0. The summed E-state index contributed by atoms with van der Waals surface area (Å²) in [5.41, 5.74) is 0. The molecule has 0 heterocycles. The molecule has 5 heavy (non-hydrogen) atoms. The predicted molar refractivity (Wildman–Crippen MR) is 19.6 cm³/mol. The van der Waals surface area contributed by atoms with Crippen LogP contribution in [0.4, 0.5) is 0 Å². The van der Waals surface area contributed by atoms with Gasteiger partial charge >= 0.3 is 0 Å². The predicted octanol–water partition coefficient (Wildman–Crippen LogP) is 0.175. The zero-order chi connectivity index (χ0) is 3.58. The van der Waals surface area contributed by atoms with Crippen LogP contribution in [-0.4, -0.2) is 26.0 Å². The van der Waals surface area contributed by atoms with Gasteiger partial charge in [0.25, 0.3) is 0 Å². The molecular weight excluding hydrogens is 95.0 g/mol. The molecule has 0 unspecified atom stereocenters. The maximum Gasteiger partial charge on any atom is 0 e. The normalized spacial score (nSPS) is 7.20. The molecule has 0 aromatic heterocycles. The van der Waals surface area contributed by atoms with Crippen LogP contribution in [0.1, 0.15) is 0 Å². The minimum atomic E-state index is 0. The minimum Gasteiger partial charge on any atom is -0.312 e. The van der Waals surface area contributed by atoms with E-state index in [2.05, 4.69) is 0 Å². The van der Waals surface area contributed by atoms with E-state index in [1.165, 1.54) is 0 Å². The second kappa shape index (κ2) is 4.83. The molecule has 0 atom stereocenters. The Balaban J connectivity index is 0. The van der Waals surface area contributed by atoms with Crippen LogP contribution >= 0.6 is 0 Å². The van der Waals surface area contributed by atoms with Gasteiger partial charge in [-0.25, -0.2) is 0 Å². The van der Waals surface area contributed by atoms with Crippen molar-refractivity contribution in [3.8, 4) is 0 Å². The van der Waals surface area contributed by atoms with Crippen LogP contribution in [0.15, 0.2) is 0 Å². The molecule has 1 nitrogen and oxygen atoms in total. The van der Waals surface area contributed by atoms with Gasteiger partial charge in [-0.2, -0.15) is 0 Å². The minimum absolute atomic E-state index is 0. The van der Waals surface area contributed by atoms with E-state index in [0.717, 1.165) is 0 Å². The van der Waals surface area contributed by atoms with Crippen molar-refractivity contribution in [3.63, 3.8) is 0 Å². The largest absolute Gasteiger partial charge is 0.312 e. The first-order chi connectivity index (χ1) is 1.73. The summed E-state index contributed by atoms with van der Waals surface area (Å²) in [7, 11) is 6.00. The molecule has 0 amide bonds. The van der Waals surface area contributed by atoms with E-state index in [1.54, 1.807) is 0 Å². The second-order valence-corrected chi connectivity index (χ2v) is 1.34. The van der Waals surface area contributed by atoms with E-state index < -0.39 is 0 Å². The Morgan fingerprint density at radius 1 is 1.00 bits per heavy atom. The Bertz CT molecular complexity index is 11.6. The molecule has 0 saturated heterocycles. The van der Waals surface area contributed by atoms with E-state index in [0.29, 0.717) is 0 Å². The molecule has 29 valence electrons. The van der Waals surface area contributed by atoms with Crippen LogP contribution in [0.25, 0.3) is 0 Å². The Hall–Kier alpha value is 0.830. The van der Waals surface area contributed by atoms with Crippen LogP contribution in [0.5, 0.6) is 0 Å². The molecular formula is C3H9NSc. The monoisotopic (exact) mass is 104 g/mol. The molecule has 0 aliphatic heterocycles. The van der Waals surface area contributed by atoms with Crippen molar-refractivity contribution >= 4 is 0 Å². The molecule has 0 fully saturated rings. The van der Waals surface area contributed by atoms with Crippen molar-refractivity contribution < 1.29 is 25.8 Å². The average molecular weight is 104 g/mol. The molecule has 0 rings (SSSR count). The van der Waals surface area contributed by atoms with E-state index in [-0.39, 0.29) is 25.8 Å². The van der Waals surface area contributed by atoms with Crippen molar-refractivity contribution in [2.24, 2.45) is 0 Å². The summed E-state index contributed by atoms with van der Waals surface area (Å²) in [6, 6.07) is 0. The van der Waals surface area contributed by atoms with Gasteiger partial charge in [-0.3, -0.25) is 0 Å². The van der Waals surface area contributed by atoms with Crippen LogP contribution in [-0.2, 0) is 25.8 Å². The zero-order valence-electron chi connectivity index (χ0n) is 4.02. The summed E-state index contributed by atoms with van der Waals surface area (Å²) in [6.07, 6.45) is 0. The topological polar surface area (TPSA) is 3.24 Å². The van der Waals surface area contributed by atoms with E-state index in [4.69, 9.17) is 0 Å². The van der Waals surface area contributed by atoms with Crippen molar-refractivity contribution in [1.82, 2.24) is 4.90 Å². The van der Waals surface area contributed by atoms with Gasteiger partial charge in [0.15, 0.2) is 0 Å². The molecule has 0 aromatic rings. The number of hydrogen-bond acceptors (Lipinski definition) is 1. The van der Waals surface area contributed by atoms with Gasteiger partial charge in [0.05, 0.1) is 0 Å². The first kappa shape index (κ1) is 9.27. The average Bonchev–Trinajstić information content (AvgIpc) is 0.811.